The van der Waals surface area contributed by atoms with E-state index in [1.807, 2.05) is 13.0 Å². The monoisotopic (exact) mass is 385 g/mol. The van der Waals surface area contributed by atoms with Crippen molar-refractivity contribution in [1.82, 2.24) is 14.9 Å². The molecule has 0 saturated heterocycles. The smallest absolute Gasteiger partial charge is 0.475 e. The molecule has 0 aromatic carbocycles. The number of nitrogens with zero attached hydrogens (tertiary/aromatic N) is 3. The fourth-order valence-corrected chi connectivity index (χ4v) is 2.89. The van der Waals surface area contributed by atoms with Crippen LogP contribution < -0.4 is 0 Å². The molecule has 3 heterocycles. The van der Waals surface area contributed by atoms with Crippen LogP contribution in [0.15, 0.2) is 22.9 Å². The van der Waals surface area contributed by atoms with Crippen molar-refractivity contribution in [3.05, 3.63) is 46.9 Å². The van der Waals surface area contributed by atoms with Gasteiger partial charge >= 0.3 is 12.1 Å². The van der Waals surface area contributed by atoms with E-state index in [0.29, 0.717) is 0 Å². The SMILES string of the molecule is CCc1ncnc2c1CCN(Cc1ccc(C)o1)CC2.O=C(O)C(F)(F)F. The van der Waals surface area contributed by atoms with Crippen LogP contribution in [-0.2, 0) is 30.6 Å². The molecule has 1 aliphatic heterocycles. The van der Waals surface area contributed by atoms with Crippen LogP contribution in [0.4, 0.5) is 13.2 Å². The largest absolute Gasteiger partial charge is 0.490 e. The molecule has 0 atom stereocenters. The van der Waals surface area contributed by atoms with Crippen molar-refractivity contribution in [3.8, 4) is 0 Å². The Morgan fingerprint density at radius 2 is 1.93 bits per heavy atom. The number of rotatable bonds is 3. The van der Waals surface area contributed by atoms with E-state index in [1.54, 1.807) is 6.33 Å². The van der Waals surface area contributed by atoms with Crippen molar-refractivity contribution in [2.75, 3.05) is 13.1 Å². The molecule has 0 bridgehead atoms. The summed E-state index contributed by atoms with van der Waals surface area (Å²) >= 11 is 0. The van der Waals surface area contributed by atoms with E-state index in [9.17, 15) is 13.2 Å². The van der Waals surface area contributed by atoms with Gasteiger partial charge in [-0.2, -0.15) is 13.2 Å². The zero-order chi connectivity index (χ0) is 20.0. The molecule has 0 unspecified atom stereocenters. The number of aliphatic carboxylic acids is 1. The van der Waals surface area contributed by atoms with Crippen molar-refractivity contribution in [2.45, 2.75) is 45.8 Å². The molecule has 1 aliphatic rings. The molecule has 3 rings (SSSR count). The van der Waals surface area contributed by atoms with Gasteiger partial charge in [0.05, 0.1) is 6.54 Å². The van der Waals surface area contributed by atoms with Gasteiger partial charge in [-0.25, -0.2) is 14.8 Å². The van der Waals surface area contributed by atoms with Crippen LogP contribution >= 0.6 is 0 Å². The average Bonchev–Trinajstić information content (AvgIpc) is 2.90. The van der Waals surface area contributed by atoms with Crippen LogP contribution in [0, 0.1) is 6.92 Å². The number of alkyl halides is 3. The maximum Gasteiger partial charge on any atom is 0.490 e. The number of aryl methyl sites for hydroxylation is 2. The molecule has 2 aromatic heterocycles. The van der Waals surface area contributed by atoms with E-state index >= 15 is 0 Å². The van der Waals surface area contributed by atoms with E-state index in [-0.39, 0.29) is 0 Å². The van der Waals surface area contributed by atoms with Crippen molar-refractivity contribution >= 4 is 5.97 Å². The molecule has 0 spiro atoms. The normalized spacial score (nSPS) is 14.7. The highest BCUT2D eigenvalue weighted by Gasteiger charge is 2.38. The van der Waals surface area contributed by atoms with Gasteiger partial charge in [-0.15, -0.1) is 0 Å². The molecular weight excluding hydrogens is 363 g/mol. The topological polar surface area (TPSA) is 79.5 Å². The Morgan fingerprint density at radius 1 is 1.26 bits per heavy atom. The Bertz CT molecular complexity index is 775. The second-order valence-corrected chi connectivity index (χ2v) is 6.19. The number of halogens is 3. The summed E-state index contributed by atoms with van der Waals surface area (Å²) in [6.45, 7) is 7.12. The number of aromatic nitrogens is 2. The molecule has 6 nitrogen and oxygen atoms in total. The van der Waals surface area contributed by atoms with Gasteiger partial charge in [-0.05, 0) is 37.5 Å². The Morgan fingerprint density at radius 3 is 2.48 bits per heavy atom. The molecule has 0 aliphatic carbocycles. The van der Waals surface area contributed by atoms with Gasteiger partial charge in [0.15, 0.2) is 0 Å². The summed E-state index contributed by atoms with van der Waals surface area (Å²) in [5.74, 6) is -0.722. The van der Waals surface area contributed by atoms with Crippen LogP contribution in [0.2, 0.25) is 0 Å². The lowest BCUT2D eigenvalue weighted by atomic mass is 10.1. The molecule has 9 heteroatoms. The third-order valence-corrected chi connectivity index (χ3v) is 4.22. The maximum absolute atomic E-state index is 10.6. The molecule has 0 radical (unpaired) electrons. The number of carboxylic acid groups (broad SMARTS) is 1. The van der Waals surface area contributed by atoms with Gasteiger partial charge in [0.25, 0.3) is 0 Å². The second-order valence-electron chi connectivity index (χ2n) is 6.19. The lowest BCUT2D eigenvalue weighted by molar-refractivity contribution is -0.192. The fraction of sp³-hybridized carbons (Fsp3) is 0.500. The third-order valence-electron chi connectivity index (χ3n) is 4.22. The molecule has 2 aromatic rings. The maximum atomic E-state index is 10.6. The minimum atomic E-state index is -5.08. The van der Waals surface area contributed by atoms with Crippen molar-refractivity contribution in [2.24, 2.45) is 0 Å². The first-order valence-corrected chi connectivity index (χ1v) is 8.60. The first kappa shape index (κ1) is 20.9. The first-order valence-electron chi connectivity index (χ1n) is 8.60. The predicted octanol–water partition coefficient (Wildman–Crippen LogP) is 3.17. The van der Waals surface area contributed by atoms with E-state index < -0.39 is 12.1 Å². The van der Waals surface area contributed by atoms with Gasteiger partial charge in [0, 0.05) is 30.9 Å². The van der Waals surface area contributed by atoms with Crippen molar-refractivity contribution in [1.29, 1.82) is 0 Å². The summed E-state index contributed by atoms with van der Waals surface area (Å²) in [6.07, 6.45) is -0.338. The summed E-state index contributed by atoms with van der Waals surface area (Å²) in [7, 11) is 0. The Balaban J connectivity index is 0.000000321. The van der Waals surface area contributed by atoms with Crippen molar-refractivity contribution < 1.29 is 27.5 Å². The van der Waals surface area contributed by atoms with Gasteiger partial charge in [-0.3, -0.25) is 4.90 Å². The molecule has 0 amide bonds. The van der Waals surface area contributed by atoms with E-state index in [0.717, 1.165) is 50.4 Å². The number of hydrogen-bond donors (Lipinski definition) is 1. The van der Waals surface area contributed by atoms with Crippen LogP contribution in [0.5, 0.6) is 0 Å². The number of carbonyl (C=O) groups is 1. The van der Waals surface area contributed by atoms with Crippen LogP contribution in [0.1, 0.15) is 35.4 Å². The molecule has 148 valence electrons. The van der Waals surface area contributed by atoms with E-state index in [2.05, 4.69) is 27.9 Å². The van der Waals surface area contributed by atoms with E-state index in [1.165, 1.54) is 17.0 Å². The number of furan rings is 1. The highest BCUT2D eigenvalue weighted by molar-refractivity contribution is 5.73. The van der Waals surface area contributed by atoms with Gasteiger partial charge in [0.1, 0.15) is 17.8 Å². The second kappa shape index (κ2) is 8.98. The lowest BCUT2D eigenvalue weighted by Gasteiger charge is -2.17. The molecule has 1 N–H and O–H groups in total. The minimum absolute atomic E-state index is 0.886. The Labute approximate surface area is 155 Å². The highest BCUT2D eigenvalue weighted by Crippen LogP contribution is 2.19. The average molecular weight is 385 g/mol. The zero-order valence-corrected chi connectivity index (χ0v) is 15.2. The minimum Gasteiger partial charge on any atom is -0.475 e. The molecule has 0 saturated carbocycles. The first-order chi connectivity index (χ1) is 12.7. The number of hydrogen-bond acceptors (Lipinski definition) is 5. The van der Waals surface area contributed by atoms with Crippen LogP contribution in [-0.4, -0.2) is 45.2 Å². The lowest BCUT2D eigenvalue weighted by Crippen LogP contribution is -2.25. The zero-order valence-electron chi connectivity index (χ0n) is 15.2. The summed E-state index contributed by atoms with van der Waals surface area (Å²) in [4.78, 5) is 20.2. The molecular formula is C18H22F3N3O3. The quantitative estimate of drug-likeness (QED) is 0.874. The van der Waals surface area contributed by atoms with Crippen molar-refractivity contribution in [3.63, 3.8) is 0 Å². The summed E-state index contributed by atoms with van der Waals surface area (Å²) in [6, 6.07) is 4.10. The summed E-state index contributed by atoms with van der Waals surface area (Å²) in [5.41, 5.74) is 3.81. The number of fused-ring (bicyclic) bond motifs is 1. The third kappa shape index (κ3) is 6.06. The fourth-order valence-electron chi connectivity index (χ4n) is 2.89. The van der Waals surface area contributed by atoms with Gasteiger partial charge < -0.3 is 9.52 Å². The summed E-state index contributed by atoms with van der Waals surface area (Å²) < 4.78 is 37.4. The van der Waals surface area contributed by atoms with Gasteiger partial charge in [-0.1, -0.05) is 6.92 Å². The van der Waals surface area contributed by atoms with Gasteiger partial charge in [0.2, 0.25) is 0 Å². The summed E-state index contributed by atoms with van der Waals surface area (Å²) in [5, 5.41) is 7.12. The Hall–Kier alpha value is -2.42. The number of carboxylic acids is 1. The van der Waals surface area contributed by atoms with E-state index in [4.69, 9.17) is 14.3 Å². The van der Waals surface area contributed by atoms with Crippen LogP contribution in [0.3, 0.4) is 0 Å². The standard InChI is InChI=1S/C16H21N3O.C2HF3O2/c1-3-15-14-6-8-19(9-7-16(14)18-11-17-15)10-13-5-4-12(2)20-13;3-2(4,5)1(6)7/h4-5,11H,3,6-10H2,1-2H3;(H,6,7). The highest BCUT2D eigenvalue weighted by atomic mass is 19.4. The predicted molar refractivity (Wildman–Crippen MR) is 91.2 cm³/mol. The molecule has 27 heavy (non-hydrogen) atoms. The Kier molecular flexibility index (Phi) is 6.95. The molecule has 0 fully saturated rings. The van der Waals surface area contributed by atoms with Crippen LogP contribution in [0.25, 0.3) is 0 Å².